The molecule has 2 aromatic rings. The number of halogens is 1. The Kier molecular flexibility index (Phi) is 4.98. The van der Waals surface area contributed by atoms with Crippen molar-refractivity contribution in [3.63, 3.8) is 0 Å². The summed E-state index contributed by atoms with van der Waals surface area (Å²) in [7, 11) is 0. The lowest BCUT2D eigenvalue weighted by Gasteiger charge is -2.21. The predicted molar refractivity (Wildman–Crippen MR) is 78.6 cm³/mol. The molecule has 0 fully saturated rings. The van der Waals surface area contributed by atoms with Gasteiger partial charge in [-0.3, -0.25) is 0 Å². The summed E-state index contributed by atoms with van der Waals surface area (Å²) in [5.41, 5.74) is 1.92. The van der Waals surface area contributed by atoms with Crippen LogP contribution in [0.25, 0.3) is 0 Å². The number of thiophene rings is 1. The molecule has 1 N–H and O–H groups in total. The molecule has 2 nitrogen and oxygen atoms in total. The first-order chi connectivity index (χ1) is 9.27. The van der Waals surface area contributed by atoms with Gasteiger partial charge in [0.05, 0.1) is 17.0 Å². The quantitative estimate of drug-likeness (QED) is 0.898. The maximum atomic E-state index is 9.49. The first-order valence-electron chi connectivity index (χ1n) is 6.05. The Morgan fingerprint density at radius 1 is 1.26 bits per heavy atom. The van der Waals surface area contributed by atoms with Crippen LogP contribution in [-0.4, -0.2) is 11.7 Å². The highest BCUT2D eigenvalue weighted by Gasteiger charge is 2.26. The van der Waals surface area contributed by atoms with Gasteiger partial charge < -0.3 is 5.11 Å². The Balaban J connectivity index is 2.38. The number of nitriles is 1. The SMILES string of the molecule is N#C[C@@H](c1ccccc1)[C@@H](CCO)c1cscc1Cl. The molecule has 4 heteroatoms. The molecule has 0 aliphatic rings. The van der Waals surface area contributed by atoms with Gasteiger partial charge >= 0.3 is 0 Å². The summed E-state index contributed by atoms with van der Waals surface area (Å²) in [6, 6.07) is 12.0. The van der Waals surface area contributed by atoms with E-state index in [1.807, 2.05) is 41.1 Å². The molecule has 2 atom stereocenters. The topological polar surface area (TPSA) is 44.0 Å². The maximum Gasteiger partial charge on any atom is 0.0782 e. The van der Waals surface area contributed by atoms with E-state index in [9.17, 15) is 10.4 Å². The highest BCUT2D eigenvalue weighted by molar-refractivity contribution is 7.08. The van der Waals surface area contributed by atoms with Crippen LogP contribution in [0.1, 0.15) is 29.4 Å². The van der Waals surface area contributed by atoms with E-state index in [1.165, 1.54) is 11.3 Å². The van der Waals surface area contributed by atoms with E-state index in [0.29, 0.717) is 11.4 Å². The van der Waals surface area contributed by atoms with Crippen LogP contribution in [0.3, 0.4) is 0 Å². The van der Waals surface area contributed by atoms with Crippen molar-refractivity contribution in [1.82, 2.24) is 0 Å². The molecule has 0 radical (unpaired) electrons. The number of aliphatic hydroxyl groups is 1. The van der Waals surface area contributed by atoms with Crippen LogP contribution >= 0.6 is 22.9 Å². The van der Waals surface area contributed by atoms with Crippen LogP contribution in [0.15, 0.2) is 41.1 Å². The van der Waals surface area contributed by atoms with E-state index < -0.39 is 0 Å². The second kappa shape index (κ2) is 6.72. The summed E-state index contributed by atoms with van der Waals surface area (Å²) in [5, 5.41) is 23.3. The fourth-order valence-electron chi connectivity index (χ4n) is 2.25. The van der Waals surface area contributed by atoms with E-state index in [1.54, 1.807) is 0 Å². The Bertz CT molecular complexity index is 561. The molecular formula is C15H14ClNOS. The second-order valence-electron chi connectivity index (χ2n) is 4.31. The lowest BCUT2D eigenvalue weighted by atomic mass is 9.81. The number of aliphatic hydroxyl groups excluding tert-OH is 1. The lowest BCUT2D eigenvalue weighted by molar-refractivity contribution is 0.272. The molecule has 0 bridgehead atoms. The molecule has 98 valence electrons. The molecule has 0 aliphatic carbocycles. The summed E-state index contributed by atoms with van der Waals surface area (Å²) in [6.45, 7) is 0.0435. The number of nitrogens with zero attached hydrogens (tertiary/aromatic N) is 1. The summed E-state index contributed by atoms with van der Waals surface area (Å²) in [6.07, 6.45) is 0.531. The van der Waals surface area contributed by atoms with Gasteiger partial charge in [-0.1, -0.05) is 41.9 Å². The van der Waals surface area contributed by atoms with Gasteiger partial charge in [0.2, 0.25) is 0 Å². The van der Waals surface area contributed by atoms with Gasteiger partial charge in [0.15, 0.2) is 0 Å². The van der Waals surface area contributed by atoms with Gasteiger partial charge in [-0.25, -0.2) is 0 Å². The molecule has 0 unspecified atom stereocenters. The third kappa shape index (κ3) is 3.16. The minimum absolute atomic E-state index is 0.0435. The Morgan fingerprint density at radius 3 is 2.53 bits per heavy atom. The molecule has 0 saturated heterocycles. The largest absolute Gasteiger partial charge is 0.396 e. The van der Waals surface area contributed by atoms with Gasteiger partial charge in [0.25, 0.3) is 0 Å². The Labute approximate surface area is 121 Å². The molecule has 1 heterocycles. The summed E-state index contributed by atoms with van der Waals surface area (Å²) in [5.74, 6) is -0.364. The van der Waals surface area contributed by atoms with Crippen molar-refractivity contribution in [3.05, 3.63) is 57.2 Å². The molecule has 0 aliphatic heterocycles. The third-order valence-electron chi connectivity index (χ3n) is 3.18. The zero-order valence-electron chi connectivity index (χ0n) is 10.3. The molecule has 0 spiro atoms. The van der Waals surface area contributed by atoms with Crippen LogP contribution < -0.4 is 0 Å². The van der Waals surface area contributed by atoms with Crippen molar-refractivity contribution in [1.29, 1.82) is 5.26 Å². The van der Waals surface area contributed by atoms with E-state index in [4.69, 9.17) is 11.6 Å². The summed E-state index contributed by atoms with van der Waals surface area (Å²) in [4.78, 5) is 0. The van der Waals surface area contributed by atoms with E-state index >= 15 is 0 Å². The predicted octanol–water partition coefficient (Wildman–Crippen LogP) is 4.17. The standard InChI is InChI=1S/C15H14ClNOS/c16-15-10-19-9-14(15)12(6-7-18)13(8-17)11-4-2-1-3-5-11/h1-5,9-10,12-13,18H,6-7H2/t12-,13+/m1/s1. The fraction of sp³-hybridized carbons (Fsp3) is 0.267. The monoisotopic (exact) mass is 291 g/mol. The molecule has 1 aromatic heterocycles. The minimum Gasteiger partial charge on any atom is -0.396 e. The zero-order chi connectivity index (χ0) is 13.7. The third-order valence-corrected chi connectivity index (χ3v) is 4.40. The highest BCUT2D eigenvalue weighted by Crippen LogP contribution is 2.39. The average Bonchev–Trinajstić information content (AvgIpc) is 2.86. The molecule has 19 heavy (non-hydrogen) atoms. The zero-order valence-corrected chi connectivity index (χ0v) is 11.9. The Morgan fingerprint density at radius 2 is 2.00 bits per heavy atom. The first kappa shape index (κ1) is 14.1. The van der Waals surface area contributed by atoms with Crippen molar-refractivity contribution in [2.24, 2.45) is 0 Å². The van der Waals surface area contributed by atoms with Crippen molar-refractivity contribution in [2.75, 3.05) is 6.61 Å². The molecule has 1 aromatic carbocycles. The van der Waals surface area contributed by atoms with Crippen LogP contribution in [0, 0.1) is 11.3 Å². The lowest BCUT2D eigenvalue weighted by Crippen LogP contribution is -2.11. The molecular weight excluding hydrogens is 278 g/mol. The summed E-state index contributed by atoms with van der Waals surface area (Å²) >= 11 is 7.70. The van der Waals surface area contributed by atoms with E-state index in [0.717, 1.165) is 11.1 Å². The normalized spacial score (nSPS) is 13.7. The van der Waals surface area contributed by atoms with Crippen molar-refractivity contribution >= 4 is 22.9 Å². The number of benzene rings is 1. The smallest absolute Gasteiger partial charge is 0.0782 e. The molecule has 2 rings (SSSR count). The van der Waals surface area contributed by atoms with Gasteiger partial charge in [-0.15, -0.1) is 0 Å². The number of rotatable bonds is 5. The van der Waals surface area contributed by atoms with Crippen molar-refractivity contribution in [3.8, 4) is 6.07 Å². The fourth-order valence-corrected chi connectivity index (χ4v) is 3.44. The van der Waals surface area contributed by atoms with E-state index in [2.05, 4.69) is 6.07 Å². The van der Waals surface area contributed by atoms with Crippen LogP contribution in [0.5, 0.6) is 0 Å². The Hall–Kier alpha value is -1.34. The molecule has 0 saturated carbocycles. The summed E-state index contributed by atoms with van der Waals surface area (Å²) < 4.78 is 0. The average molecular weight is 292 g/mol. The van der Waals surface area contributed by atoms with E-state index in [-0.39, 0.29) is 18.4 Å². The van der Waals surface area contributed by atoms with Gasteiger partial charge in [-0.2, -0.15) is 16.6 Å². The van der Waals surface area contributed by atoms with Gasteiger partial charge in [-0.05, 0) is 22.9 Å². The van der Waals surface area contributed by atoms with Crippen molar-refractivity contribution < 1.29 is 5.11 Å². The molecule has 0 amide bonds. The van der Waals surface area contributed by atoms with Crippen LogP contribution in [0.2, 0.25) is 5.02 Å². The van der Waals surface area contributed by atoms with Crippen molar-refractivity contribution in [2.45, 2.75) is 18.3 Å². The minimum atomic E-state index is -0.291. The van der Waals surface area contributed by atoms with Crippen LogP contribution in [0.4, 0.5) is 0 Å². The highest BCUT2D eigenvalue weighted by atomic mass is 35.5. The van der Waals surface area contributed by atoms with Gasteiger partial charge in [0.1, 0.15) is 0 Å². The van der Waals surface area contributed by atoms with Crippen LogP contribution in [-0.2, 0) is 0 Å². The number of hydrogen-bond acceptors (Lipinski definition) is 3. The maximum absolute atomic E-state index is 9.49. The number of hydrogen-bond donors (Lipinski definition) is 1. The van der Waals surface area contributed by atoms with Gasteiger partial charge in [0, 0.05) is 17.9 Å². The second-order valence-corrected chi connectivity index (χ2v) is 5.46. The first-order valence-corrected chi connectivity index (χ1v) is 7.37.